The second-order valence-electron chi connectivity index (χ2n) is 6.82. The topological polar surface area (TPSA) is 84.1 Å². The number of carboxylic acid groups (broad SMARTS) is 1. The lowest BCUT2D eigenvalue weighted by molar-refractivity contribution is 0.0917. The highest BCUT2D eigenvalue weighted by Gasteiger charge is 2.32. The Morgan fingerprint density at radius 3 is 2.76 bits per heavy atom. The molecule has 1 unspecified atom stereocenters. The summed E-state index contributed by atoms with van der Waals surface area (Å²) in [6, 6.07) is 7.04. The highest BCUT2D eigenvalue weighted by molar-refractivity contribution is 6.44. The van der Waals surface area contributed by atoms with Gasteiger partial charge in [-0.25, -0.2) is 9.78 Å². The summed E-state index contributed by atoms with van der Waals surface area (Å²) in [6.45, 7) is 0.554. The molecule has 1 amide bonds. The standard InChI is InChI=1S/C20H17Cl2N3O4/c1-29-15-3-2-13(21)18(22)17(15)11-4-6-24-10-14(23-16(24)8-11)19(26)12-5-7-25(9-12)20(27)28/h2-4,6,8,10,12H,5,7,9H2,1H3,(H,27,28). The van der Waals surface area contributed by atoms with Gasteiger partial charge in [-0.1, -0.05) is 23.2 Å². The predicted molar refractivity (Wildman–Crippen MR) is 109 cm³/mol. The van der Waals surface area contributed by atoms with E-state index >= 15 is 0 Å². The molecule has 3 aromatic rings. The van der Waals surface area contributed by atoms with E-state index in [-0.39, 0.29) is 18.2 Å². The number of fused-ring (bicyclic) bond motifs is 1. The summed E-state index contributed by atoms with van der Waals surface area (Å²) in [6.07, 6.45) is 2.93. The van der Waals surface area contributed by atoms with Crippen molar-refractivity contribution in [1.29, 1.82) is 0 Å². The van der Waals surface area contributed by atoms with Gasteiger partial charge >= 0.3 is 6.09 Å². The number of methoxy groups -OCH3 is 1. The molecule has 0 spiro atoms. The van der Waals surface area contributed by atoms with Crippen molar-refractivity contribution >= 4 is 40.7 Å². The van der Waals surface area contributed by atoms with Gasteiger partial charge in [0, 0.05) is 37.0 Å². The van der Waals surface area contributed by atoms with Gasteiger partial charge in [-0.05, 0) is 36.2 Å². The number of aromatic nitrogens is 2. The highest BCUT2D eigenvalue weighted by Crippen LogP contribution is 2.40. The lowest BCUT2D eigenvalue weighted by atomic mass is 10.0. The van der Waals surface area contributed by atoms with E-state index in [2.05, 4.69) is 4.98 Å². The summed E-state index contributed by atoms with van der Waals surface area (Å²) in [4.78, 5) is 29.6. The number of nitrogens with zero attached hydrogens (tertiary/aromatic N) is 3. The number of hydrogen-bond acceptors (Lipinski definition) is 4. The highest BCUT2D eigenvalue weighted by atomic mass is 35.5. The number of hydrogen-bond donors (Lipinski definition) is 1. The summed E-state index contributed by atoms with van der Waals surface area (Å²) in [5.41, 5.74) is 2.28. The van der Waals surface area contributed by atoms with Crippen molar-refractivity contribution in [3.8, 4) is 16.9 Å². The maximum Gasteiger partial charge on any atom is 0.407 e. The van der Waals surface area contributed by atoms with Crippen LogP contribution in [-0.2, 0) is 0 Å². The fourth-order valence-electron chi connectivity index (χ4n) is 3.59. The molecule has 1 aliphatic heterocycles. The van der Waals surface area contributed by atoms with Gasteiger partial charge in [-0.15, -0.1) is 0 Å². The first-order chi connectivity index (χ1) is 13.9. The molecule has 9 heteroatoms. The predicted octanol–water partition coefficient (Wildman–Crippen LogP) is 4.50. The summed E-state index contributed by atoms with van der Waals surface area (Å²) in [5, 5.41) is 9.87. The van der Waals surface area contributed by atoms with Crippen molar-refractivity contribution in [3.63, 3.8) is 0 Å². The molecule has 0 aliphatic carbocycles. The van der Waals surface area contributed by atoms with Gasteiger partial charge in [0.15, 0.2) is 5.78 Å². The van der Waals surface area contributed by atoms with Crippen LogP contribution in [0, 0.1) is 5.92 Å². The fraction of sp³-hybridized carbons (Fsp3) is 0.250. The Kier molecular flexibility index (Phi) is 5.10. The number of ketones is 1. The third kappa shape index (κ3) is 3.52. The van der Waals surface area contributed by atoms with E-state index < -0.39 is 6.09 Å². The van der Waals surface area contributed by atoms with E-state index in [1.54, 1.807) is 42.1 Å². The second-order valence-corrected chi connectivity index (χ2v) is 7.61. The van der Waals surface area contributed by atoms with Gasteiger partial charge in [-0.2, -0.15) is 0 Å². The van der Waals surface area contributed by atoms with Gasteiger partial charge in [0.1, 0.15) is 17.1 Å². The second kappa shape index (κ2) is 7.57. The molecule has 3 heterocycles. The van der Waals surface area contributed by atoms with Crippen LogP contribution in [0.25, 0.3) is 16.8 Å². The molecule has 2 aromatic heterocycles. The van der Waals surface area contributed by atoms with E-state index in [4.69, 9.17) is 33.0 Å². The first kappa shape index (κ1) is 19.5. The lowest BCUT2D eigenvalue weighted by Gasteiger charge is -2.12. The monoisotopic (exact) mass is 433 g/mol. The van der Waals surface area contributed by atoms with Crippen LogP contribution in [0.3, 0.4) is 0 Å². The normalized spacial score (nSPS) is 16.4. The van der Waals surface area contributed by atoms with Crippen LogP contribution in [0.1, 0.15) is 16.9 Å². The Balaban J connectivity index is 1.68. The molecular weight excluding hydrogens is 417 g/mol. The third-order valence-corrected chi connectivity index (χ3v) is 5.91. The van der Waals surface area contributed by atoms with E-state index in [9.17, 15) is 9.59 Å². The number of halogens is 2. The van der Waals surface area contributed by atoms with E-state index in [0.717, 1.165) is 5.56 Å². The zero-order valence-corrected chi connectivity index (χ0v) is 16.9. The molecular formula is C20H17Cl2N3O4. The smallest absolute Gasteiger partial charge is 0.407 e. The quantitative estimate of drug-likeness (QED) is 0.612. The number of carbonyl (C=O) groups is 2. The van der Waals surface area contributed by atoms with Gasteiger partial charge < -0.3 is 19.1 Å². The average molecular weight is 434 g/mol. The molecule has 0 bridgehead atoms. The van der Waals surface area contributed by atoms with Crippen LogP contribution in [0.5, 0.6) is 5.75 Å². The molecule has 1 saturated heterocycles. The molecule has 7 nitrogen and oxygen atoms in total. The van der Waals surface area contributed by atoms with Crippen LogP contribution >= 0.6 is 23.2 Å². The summed E-state index contributed by atoms with van der Waals surface area (Å²) >= 11 is 12.6. The number of likely N-dealkylation sites (tertiary alicyclic amines) is 1. The maximum atomic E-state index is 12.8. The first-order valence-electron chi connectivity index (χ1n) is 8.92. The fourth-order valence-corrected chi connectivity index (χ4v) is 4.01. The Morgan fingerprint density at radius 1 is 1.28 bits per heavy atom. The molecule has 4 rings (SSSR count). The Morgan fingerprint density at radius 2 is 2.07 bits per heavy atom. The minimum Gasteiger partial charge on any atom is -0.496 e. The molecule has 1 fully saturated rings. The van der Waals surface area contributed by atoms with E-state index in [1.165, 1.54) is 4.90 Å². The van der Waals surface area contributed by atoms with Crippen LogP contribution in [0.2, 0.25) is 10.0 Å². The molecule has 1 aromatic carbocycles. The van der Waals surface area contributed by atoms with Crippen molar-refractivity contribution < 1.29 is 19.4 Å². The number of pyridine rings is 1. The van der Waals surface area contributed by atoms with Crippen molar-refractivity contribution in [2.45, 2.75) is 6.42 Å². The molecule has 0 saturated carbocycles. The SMILES string of the molecule is COc1ccc(Cl)c(Cl)c1-c1ccn2cc(C(=O)C3CCN(C(=O)O)C3)nc2c1. The molecule has 1 aliphatic rings. The molecule has 29 heavy (non-hydrogen) atoms. The first-order valence-corrected chi connectivity index (χ1v) is 9.68. The number of benzene rings is 1. The van der Waals surface area contributed by atoms with Gasteiger partial charge in [0.2, 0.25) is 0 Å². The maximum absolute atomic E-state index is 12.8. The molecule has 0 radical (unpaired) electrons. The van der Waals surface area contributed by atoms with Crippen molar-refractivity contribution in [3.05, 3.63) is 52.4 Å². The Bertz CT molecular complexity index is 1130. The minimum atomic E-state index is -1.01. The van der Waals surface area contributed by atoms with Crippen LogP contribution in [0.4, 0.5) is 4.79 Å². The number of ether oxygens (including phenoxy) is 1. The largest absolute Gasteiger partial charge is 0.496 e. The zero-order valence-electron chi connectivity index (χ0n) is 15.4. The molecule has 1 N–H and O–H groups in total. The lowest BCUT2D eigenvalue weighted by Crippen LogP contribution is -2.28. The number of imidazole rings is 1. The van der Waals surface area contributed by atoms with Crippen LogP contribution < -0.4 is 4.74 Å². The summed E-state index contributed by atoms with van der Waals surface area (Å²) in [5.74, 6) is 0.0432. The van der Waals surface area contributed by atoms with Crippen molar-refractivity contribution in [2.75, 3.05) is 20.2 Å². The minimum absolute atomic E-state index is 0.155. The van der Waals surface area contributed by atoms with Crippen molar-refractivity contribution in [1.82, 2.24) is 14.3 Å². The van der Waals surface area contributed by atoms with Gasteiger partial charge in [0.25, 0.3) is 0 Å². The number of carbonyl (C=O) groups excluding carboxylic acids is 1. The average Bonchev–Trinajstić information content (AvgIpc) is 3.36. The molecule has 150 valence electrons. The van der Waals surface area contributed by atoms with E-state index in [1.807, 2.05) is 6.07 Å². The number of rotatable bonds is 4. The van der Waals surface area contributed by atoms with Gasteiger partial charge in [-0.3, -0.25) is 4.79 Å². The Hall–Kier alpha value is -2.77. The van der Waals surface area contributed by atoms with Gasteiger partial charge in [0.05, 0.1) is 17.2 Å². The van der Waals surface area contributed by atoms with Crippen LogP contribution in [0.15, 0.2) is 36.7 Å². The third-order valence-electron chi connectivity index (χ3n) is 5.11. The summed E-state index contributed by atoms with van der Waals surface area (Å²) in [7, 11) is 1.55. The molecule has 1 atom stereocenters. The van der Waals surface area contributed by atoms with Crippen molar-refractivity contribution in [2.24, 2.45) is 5.92 Å². The Labute approximate surface area is 176 Å². The number of Topliss-reactive ketones (excluding diaryl/α,β-unsaturated/α-hetero) is 1. The summed E-state index contributed by atoms with van der Waals surface area (Å²) < 4.78 is 7.15. The van der Waals surface area contributed by atoms with E-state index in [0.29, 0.717) is 45.7 Å². The number of amides is 1. The zero-order chi connectivity index (χ0) is 20.7. The van der Waals surface area contributed by atoms with Crippen LogP contribution in [-0.4, -0.2) is 51.5 Å².